The Morgan fingerprint density at radius 3 is 2.85 bits per heavy atom. The molecular formula is C19H15ClFN3O2. The van der Waals surface area contributed by atoms with Gasteiger partial charge in [-0.3, -0.25) is 4.79 Å². The molecular weight excluding hydrogens is 357 g/mol. The van der Waals surface area contributed by atoms with E-state index in [0.717, 1.165) is 0 Å². The second-order valence-corrected chi connectivity index (χ2v) is 6.68. The number of carbonyl (C=O) groups excluding carboxylic acids is 1. The van der Waals surface area contributed by atoms with Crippen molar-refractivity contribution >= 4 is 23.2 Å². The maximum absolute atomic E-state index is 13.8. The molecule has 1 amide bonds. The van der Waals surface area contributed by atoms with E-state index in [0.29, 0.717) is 40.1 Å². The number of anilines is 1. The Labute approximate surface area is 154 Å². The zero-order valence-corrected chi connectivity index (χ0v) is 14.7. The van der Waals surface area contributed by atoms with E-state index >= 15 is 0 Å². The second-order valence-electron chi connectivity index (χ2n) is 6.27. The molecule has 1 aliphatic heterocycles. The highest BCUT2D eigenvalue weighted by Gasteiger charge is 2.35. The zero-order valence-electron chi connectivity index (χ0n) is 13.9. The first-order chi connectivity index (χ1) is 12.5. The average molecular weight is 372 g/mol. The van der Waals surface area contributed by atoms with E-state index in [1.54, 1.807) is 36.1 Å². The molecule has 26 heavy (non-hydrogen) atoms. The van der Waals surface area contributed by atoms with Crippen LogP contribution in [0.3, 0.4) is 0 Å². The van der Waals surface area contributed by atoms with Crippen molar-refractivity contribution in [2.75, 3.05) is 11.4 Å². The van der Waals surface area contributed by atoms with E-state index in [-0.39, 0.29) is 24.1 Å². The van der Waals surface area contributed by atoms with Gasteiger partial charge in [0.15, 0.2) is 0 Å². The van der Waals surface area contributed by atoms with Crippen molar-refractivity contribution in [3.63, 3.8) is 0 Å². The third-order valence-corrected chi connectivity index (χ3v) is 4.83. The lowest BCUT2D eigenvalue weighted by Gasteiger charge is -2.16. The van der Waals surface area contributed by atoms with Crippen LogP contribution >= 0.6 is 11.6 Å². The number of benzene rings is 2. The van der Waals surface area contributed by atoms with Gasteiger partial charge in [-0.05, 0) is 36.8 Å². The first-order valence-electron chi connectivity index (χ1n) is 8.18. The van der Waals surface area contributed by atoms with Crippen LogP contribution in [-0.4, -0.2) is 22.6 Å². The summed E-state index contributed by atoms with van der Waals surface area (Å²) in [5.41, 5.74) is 1.75. The number of hydrogen-bond acceptors (Lipinski definition) is 4. The zero-order chi connectivity index (χ0) is 18.3. The number of nitrogens with zero attached hydrogens (tertiary/aromatic N) is 3. The van der Waals surface area contributed by atoms with Crippen molar-refractivity contribution < 1.29 is 13.7 Å². The Morgan fingerprint density at radius 1 is 1.27 bits per heavy atom. The molecule has 0 N–H and O–H groups in total. The molecule has 1 atom stereocenters. The smallest absolute Gasteiger partial charge is 0.232 e. The number of halogens is 2. The van der Waals surface area contributed by atoms with Crippen LogP contribution < -0.4 is 4.90 Å². The van der Waals surface area contributed by atoms with Crippen LogP contribution in [0.1, 0.15) is 23.8 Å². The van der Waals surface area contributed by atoms with Crippen LogP contribution in [0.4, 0.5) is 10.1 Å². The lowest BCUT2D eigenvalue weighted by molar-refractivity contribution is -0.117. The van der Waals surface area contributed by atoms with Gasteiger partial charge in [0.25, 0.3) is 0 Å². The first-order valence-corrected chi connectivity index (χ1v) is 8.56. The van der Waals surface area contributed by atoms with Crippen molar-refractivity contribution in [1.29, 1.82) is 0 Å². The number of rotatable bonds is 3. The Hall–Kier alpha value is -2.73. The molecule has 0 aliphatic carbocycles. The summed E-state index contributed by atoms with van der Waals surface area (Å²) in [7, 11) is 0. The molecule has 0 spiro atoms. The topological polar surface area (TPSA) is 59.2 Å². The summed E-state index contributed by atoms with van der Waals surface area (Å²) >= 11 is 6.16. The number of hydrogen-bond donors (Lipinski definition) is 0. The molecule has 1 aromatic heterocycles. The largest absolute Gasteiger partial charge is 0.339 e. The molecule has 1 unspecified atom stereocenters. The average Bonchev–Trinajstić information content (AvgIpc) is 3.25. The Kier molecular flexibility index (Phi) is 4.20. The van der Waals surface area contributed by atoms with Gasteiger partial charge in [0.1, 0.15) is 5.82 Å². The summed E-state index contributed by atoms with van der Waals surface area (Å²) in [5, 5.41) is 4.51. The lowest BCUT2D eigenvalue weighted by atomic mass is 10.1. The fraction of sp³-hybridized carbons (Fsp3) is 0.211. The number of aromatic nitrogens is 2. The highest BCUT2D eigenvalue weighted by atomic mass is 35.5. The summed E-state index contributed by atoms with van der Waals surface area (Å²) in [6, 6.07) is 12.0. The van der Waals surface area contributed by atoms with Gasteiger partial charge in [-0.25, -0.2) is 4.39 Å². The van der Waals surface area contributed by atoms with Gasteiger partial charge in [-0.1, -0.05) is 35.0 Å². The lowest BCUT2D eigenvalue weighted by Crippen LogP contribution is -2.24. The molecule has 0 radical (unpaired) electrons. The first kappa shape index (κ1) is 16.7. The highest BCUT2D eigenvalue weighted by Crippen LogP contribution is 2.33. The monoisotopic (exact) mass is 371 g/mol. The Bertz CT molecular complexity index is 988. The maximum atomic E-state index is 13.8. The molecule has 1 aliphatic rings. The van der Waals surface area contributed by atoms with Crippen molar-refractivity contribution in [3.05, 3.63) is 64.8 Å². The third kappa shape index (κ3) is 2.97. The van der Waals surface area contributed by atoms with E-state index in [1.807, 2.05) is 12.1 Å². The van der Waals surface area contributed by atoms with Gasteiger partial charge in [0.05, 0.1) is 10.9 Å². The molecule has 5 nitrogen and oxygen atoms in total. The van der Waals surface area contributed by atoms with Crippen LogP contribution in [-0.2, 0) is 4.79 Å². The van der Waals surface area contributed by atoms with Crippen LogP contribution in [0, 0.1) is 12.7 Å². The molecule has 0 bridgehead atoms. The fourth-order valence-corrected chi connectivity index (χ4v) is 3.25. The van der Waals surface area contributed by atoms with Gasteiger partial charge in [0, 0.05) is 24.2 Å². The molecule has 4 rings (SSSR count). The number of carbonyl (C=O) groups is 1. The minimum absolute atomic E-state index is 0.101. The Balaban J connectivity index is 1.58. The van der Waals surface area contributed by atoms with Crippen molar-refractivity contribution in [3.8, 4) is 11.4 Å². The number of aryl methyl sites for hydroxylation is 1. The number of amides is 1. The van der Waals surface area contributed by atoms with E-state index in [9.17, 15) is 9.18 Å². The molecule has 1 saturated heterocycles. The molecule has 132 valence electrons. The van der Waals surface area contributed by atoms with Crippen LogP contribution in [0.15, 0.2) is 47.0 Å². The van der Waals surface area contributed by atoms with Gasteiger partial charge < -0.3 is 9.42 Å². The second kappa shape index (κ2) is 6.53. The minimum atomic E-state index is -0.336. The molecule has 7 heteroatoms. The summed E-state index contributed by atoms with van der Waals surface area (Å²) in [5.74, 6) is 0.0881. The minimum Gasteiger partial charge on any atom is -0.339 e. The summed E-state index contributed by atoms with van der Waals surface area (Å²) in [6.45, 7) is 2.05. The standard InChI is InChI=1S/C19H15ClFN3O2/c1-11-6-7-13(9-16(11)21)24-10-12(8-17(24)25)19-22-18(23-26-19)14-4-2-3-5-15(14)20/h2-7,9,12H,8,10H2,1H3. The molecule has 2 aromatic carbocycles. The van der Waals surface area contributed by atoms with Crippen LogP contribution in [0.5, 0.6) is 0 Å². The quantitative estimate of drug-likeness (QED) is 0.686. The van der Waals surface area contributed by atoms with Crippen LogP contribution in [0.25, 0.3) is 11.4 Å². The van der Waals surface area contributed by atoms with Gasteiger partial charge in [-0.15, -0.1) is 0 Å². The third-order valence-electron chi connectivity index (χ3n) is 4.50. The normalized spacial score (nSPS) is 17.1. The van der Waals surface area contributed by atoms with Crippen molar-refractivity contribution in [1.82, 2.24) is 10.1 Å². The maximum Gasteiger partial charge on any atom is 0.232 e. The Morgan fingerprint density at radius 2 is 2.08 bits per heavy atom. The van der Waals surface area contributed by atoms with E-state index < -0.39 is 0 Å². The van der Waals surface area contributed by atoms with Gasteiger partial charge >= 0.3 is 0 Å². The predicted molar refractivity (Wildman–Crippen MR) is 95.6 cm³/mol. The van der Waals surface area contributed by atoms with E-state index in [2.05, 4.69) is 10.1 Å². The van der Waals surface area contributed by atoms with Crippen LogP contribution in [0.2, 0.25) is 5.02 Å². The van der Waals surface area contributed by atoms with Crippen molar-refractivity contribution in [2.45, 2.75) is 19.3 Å². The van der Waals surface area contributed by atoms with E-state index in [4.69, 9.17) is 16.1 Å². The van der Waals surface area contributed by atoms with Gasteiger partial charge in [-0.2, -0.15) is 4.98 Å². The predicted octanol–water partition coefficient (Wildman–Crippen LogP) is 4.36. The SMILES string of the molecule is Cc1ccc(N2CC(c3nc(-c4ccccc4Cl)no3)CC2=O)cc1F. The van der Waals surface area contributed by atoms with Crippen molar-refractivity contribution in [2.24, 2.45) is 0 Å². The molecule has 1 fully saturated rings. The molecule has 2 heterocycles. The molecule has 3 aromatic rings. The summed E-state index contributed by atoms with van der Waals surface area (Å²) in [6.07, 6.45) is 0.236. The van der Waals surface area contributed by atoms with E-state index in [1.165, 1.54) is 6.07 Å². The highest BCUT2D eigenvalue weighted by molar-refractivity contribution is 6.33. The summed E-state index contributed by atoms with van der Waals surface area (Å²) < 4.78 is 19.2. The summed E-state index contributed by atoms with van der Waals surface area (Å²) in [4.78, 5) is 18.3. The fourth-order valence-electron chi connectivity index (χ4n) is 3.03. The molecule has 0 saturated carbocycles. The van der Waals surface area contributed by atoms with Gasteiger partial charge in [0.2, 0.25) is 17.6 Å².